The highest BCUT2D eigenvalue weighted by atomic mass is 16.6. The zero-order valence-electron chi connectivity index (χ0n) is 14.1. The summed E-state index contributed by atoms with van der Waals surface area (Å²) in [7, 11) is 0. The van der Waals surface area contributed by atoms with Crippen molar-refractivity contribution in [3.8, 4) is 0 Å². The van der Waals surface area contributed by atoms with Gasteiger partial charge in [0.25, 0.3) is 12.1 Å². The van der Waals surface area contributed by atoms with Crippen LogP contribution in [0.2, 0.25) is 0 Å². The summed E-state index contributed by atoms with van der Waals surface area (Å²) in [5.74, 6) is -0.538. The van der Waals surface area contributed by atoms with E-state index in [-0.39, 0.29) is 6.10 Å². The van der Waals surface area contributed by atoms with Crippen molar-refractivity contribution in [2.45, 2.75) is 43.8 Å². The lowest BCUT2D eigenvalue weighted by molar-refractivity contribution is -0.177. The second-order valence-electron chi connectivity index (χ2n) is 6.29. The van der Waals surface area contributed by atoms with Crippen molar-refractivity contribution in [2.75, 3.05) is 0 Å². The lowest BCUT2D eigenvalue weighted by atomic mass is 9.85. The molecule has 0 aromatic heterocycles. The quantitative estimate of drug-likeness (QED) is 0.590. The summed E-state index contributed by atoms with van der Waals surface area (Å²) in [6.07, 6.45) is 4.86. The second kappa shape index (κ2) is 7.97. The van der Waals surface area contributed by atoms with E-state index in [1.807, 2.05) is 36.4 Å². The van der Waals surface area contributed by atoms with Gasteiger partial charge in [0.1, 0.15) is 6.10 Å². The Morgan fingerprint density at radius 1 is 0.880 bits per heavy atom. The number of esters is 1. The number of rotatable bonds is 6. The molecule has 3 rings (SSSR count). The lowest BCUT2D eigenvalue weighted by Crippen LogP contribution is -2.43. The number of hydrogen-bond acceptors (Lipinski definition) is 4. The SMILES string of the molecule is O=COC(C(=O)OC1CCCCC1)(c1ccccc1)c1ccccc1. The third kappa shape index (κ3) is 3.58. The van der Waals surface area contributed by atoms with Gasteiger partial charge in [0.2, 0.25) is 0 Å². The number of carbonyl (C=O) groups is 2. The Hall–Kier alpha value is -2.62. The molecule has 0 amide bonds. The Labute approximate surface area is 147 Å². The normalized spacial score (nSPS) is 15.4. The van der Waals surface area contributed by atoms with Crippen molar-refractivity contribution in [2.24, 2.45) is 0 Å². The van der Waals surface area contributed by atoms with Crippen LogP contribution in [0, 0.1) is 0 Å². The van der Waals surface area contributed by atoms with Gasteiger partial charge in [0.05, 0.1) is 0 Å². The van der Waals surface area contributed by atoms with Gasteiger partial charge >= 0.3 is 5.97 Å². The van der Waals surface area contributed by atoms with Gasteiger partial charge in [-0.05, 0) is 25.7 Å². The minimum absolute atomic E-state index is 0.122. The van der Waals surface area contributed by atoms with Gasteiger partial charge in [-0.2, -0.15) is 0 Å². The van der Waals surface area contributed by atoms with Crippen LogP contribution >= 0.6 is 0 Å². The third-order valence-corrected chi connectivity index (χ3v) is 4.70. The molecule has 4 nitrogen and oxygen atoms in total. The van der Waals surface area contributed by atoms with Gasteiger partial charge in [-0.25, -0.2) is 4.79 Å². The van der Waals surface area contributed by atoms with Crippen LogP contribution in [0.4, 0.5) is 0 Å². The topological polar surface area (TPSA) is 52.6 Å². The van der Waals surface area contributed by atoms with E-state index in [2.05, 4.69) is 0 Å². The molecular weight excluding hydrogens is 316 g/mol. The zero-order chi connectivity index (χ0) is 17.5. The highest BCUT2D eigenvalue weighted by Crippen LogP contribution is 2.36. The molecule has 2 aromatic rings. The largest absolute Gasteiger partial charge is 0.459 e. The lowest BCUT2D eigenvalue weighted by Gasteiger charge is -2.33. The minimum Gasteiger partial charge on any atom is -0.459 e. The van der Waals surface area contributed by atoms with Crippen molar-refractivity contribution >= 4 is 12.4 Å². The summed E-state index contributed by atoms with van der Waals surface area (Å²) >= 11 is 0. The molecule has 0 spiro atoms. The molecule has 1 aliphatic rings. The van der Waals surface area contributed by atoms with E-state index in [0.717, 1.165) is 25.7 Å². The van der Waals surface area contributed by atoms with Crippen molar-refractivity contribution in [1.29, 1.82) is 0 Å². The maximum Gasteiger partial charge on any atom is 0.360 e. The Morgan fingerprint density at radius 3 is 1.88 bits per heavy atom. The van der Waals surface area contributed by atoms with E-state index in [9.17, 15) is 9.59 Å². The smallest absolute Gasteiger partial charge is 0.360 e. The maximum absolute atomic E-state index is 13.2. The molecule has 0 aliphatic heterocycles. The molecule has 0 saturated heterocycles. The van der Waals surface area contributed by atoms with E-state index < -0.39 is 11.6 Å². The molecule has 1 saturated carbocycles. The van der Waals surface area contributed by atoms with Crippen molar-refractivity contribution < 1.29 is 19.1 Å². The Balaban J connectivity index is 2.03. The van der Waals surface area contributed by atoms with E-state index in [4.69, 9.17) is 9.47 Å². The van der Waals surface area contributed by atoms with Gasteiger partial charge in [0, 0.05) is 11.1 Å². The summed E-state index contributed by atoms with van der Waals surface area (Å²) in [5, 5.41) is 0. The van der Waals surface area contributed by atoms with Crippen LogP contribution in [0.5, 0.6) is 0 Å². The van der Waals surface area contributed by atoms with Crippen molar-refractivity contribution in [1.82, 2.24) is 0 Å². The number of carbonyl (C=O) groups excluding carboxylic acids is 2. The summed E-state index contributed by atoms with van der Waals surface area (Å²) in [4.78, 5) is 24.6. The Bertz CT molecular complexity index is 651. The van der Waals surface area contributed by atoms with Crippen LogP contribution in [-0.2, 0) is 24.7 Å². The average molecular weight is 338 g/mol. The molecule has 0 unspecified atom stereocenters. The predicted molar refractivity (Wildman–Crippen MR) is 93.8 cm³/mol. The van der Waals surface area contributed by atoms with E-state index >= 15 is 0 Å². The number of ether oxygens (including phenoxy) is 2. The van der Waals surface area contributed by atoms with E-state index in [1.54, 1.807) is 24.3 Å². The third-order valence-electron chi connectivity index (χ3n) is 4.70. The molecule has 0 N–H and O–H groups in total. The highest BCUT2D eigenvalue weighted by Gasteiger charge is 2.47. The van der Waals surface area contributed by atoms with Crippen LogP contribution in [0.15, 0.2) is 60.7 Å². The van der Waals surface area contributed by atoms with Crippen LogP contribution < -0.4 is 0 Å². The van der Waals surface area contributed by atoms with E-state index in [1.165, 1.54) is 6.42 Å². The van der Waals surface area contributed by atoms with Crippen LogP contribution in [0.25, 0.3) is 0 Å². The molecule has 1 fully saturated rings. The summed E-state index contributed by atoms with van der Waals surface area (Å²) in [6, 6.07) is 18.1. The first kappa shape index (κ1) is 17.2. The van der Waals surface area contributed by atoms with Gasteiger partial charge in [-0.3, -0.25) is 4.79 Å². The molecule has 2 aromatic carbocycles. The second-order valence-corrected chi connectivity index (χ2v) is 6.29. The molecule has 130 valence electrons. The monoisotopic (exact) mass is 338 g/mol. The Kier molecular flexibility index (Phi) is 5.49. The summed E-state index contributed by atoms with van der Waals surface area (Å²) in [5.41, 5.74) is -0.426. The molecule has 0 radical (unpaired) electrons. The first-order chi connectivity index (χ1) is 12.3. The molecule has 1 aliphatic carbocycles. The van der Waals surface area contributed by atoms with Gasteiger partial charge in [-0.15, -0.1) is 0 Å². The molecule has 0 bridgehead atoms. The minimum atomic E-state index is -1.58. The fraction of sp³-hybridized carbons (Fsp3) is 0.333. The fourth-order valence-electron chi connectivity index (χ4n) is 3.42. The zero-order valence-corrected chi connectivity index (χ0v) is 14.1. The fourth-order valence-corrected chi connectivity index (χ4v) is 3.42. The Morgan fingerprint density at radius 2 is 1.40 bits per heavy atom. The molecule has 4 heteroatoms. The molecular formula is C21H22O4. The van der Waals surface area contributed by atoms with Crippen LogP contribution in [-0.4, -0.2) is 18.5 Å². The molecule has 0 heterocycles. The van der Waals surface area contributed by atoms with Crippen LogP contribution in [0.1, 0.15) is 43.2 Å². The standard InChI is InChI=1S/C21H22O4/c22-16-24-21(17-10-4-1-5-11-17,18-12-6-2-7-13-18)20(23)25-19-14-8-3-9-15-19/h1-2,4-7,10-13,16,19H,3,8-9,14-15H2. The number of hydrogen-bond donors (Lipinski definition) is 0. The summed E-state index contributed by atoms with van der Waals surface area (Å²) < 4.78 is 11.2. The van der Waals surface area contributed by atoms with Gasteiger partial charge in [0.15, 0.2) is 0 Å². The van der Waals surface area contributed by atoms with Crippen molar-refractivity contribution in [3.63, 3.8) is 0 Å². The van der Waals surface area contributed by atoms with Gasteiger partial charge in [-0.1, -0.05) is 67.1 Å². The predicted octanol–water partition coefficient (Wildman–Crippen LogP) is 3.98. The number of benzene rings is 2. The van der Waals surface area contributed by atoms with Crippen LogP contribution in [0.3, 0.4) is 0 Å². The molecule has 25 heavy (non-hydrogen) atoms. The highest BCUT2D eigenvalue weighted by molar-refractivity contribution is 5.87. The summed E-state index contributed by atoms with van der Waals surface area (Å²) in [6.45, 7) is 0.322. The van der Waals surface area contributed by atoms with Gasteiger partial charge < -0.3 is 9.47 Å². The maximum atomic E-state index is 13.2. The first-order valence-corrected chi connectivity index (χ1v) is 8.71. The first-order valence-electron chi connectivity index (χ1n) is 8.71. The molecule has 0 atom stereocenters. The van der Waals surface area contributed by atoms with E-state index in [0.29, 0.717) is 17.6 Å². The van der Waals surface area contributed by atoms with Crippen molar-refractivity contribution in [3.05, 3.63) is 71.8 Å². The average Bonchev–Trinajstić information content (AvgIpc) is 2.68.